The standard InChI is InChI=1S/C15H22O5S.Na/c1-5-8-11(2)15(3,4)14(16)20-12-9-6-7-10-13(12)21(17,18)19;/h6-7,9-11H,5,8H2,1-4H3,(H,17,18,19);/q;+1/p-1. The van der Waals surface area contributed by atoms with Gasteiger partial charge < -0.3 is 9.29 Å². The Labute approximate surface area is 154 Å². The van der Waals surface area contributed by atoms with E-state index in [-0.39, 0.29) is 41.2 Å². The summed E-state index contributed by atoms with van der Waals surface area (Å²) >= 11 is 0. The molecule has 0 spiro atoms. The number of para-hydroxylation sites is 1. The molecule has 1 aromatic carbocycles. The first-order valence-electron chi connectivity index (χ1n) is 6.88. The molecule has 1 unspecified atom stereocenters. The molecule has 0 N–H and O–H groups in total. The number of ether oxygens (including phenoxy) is 1. The fourth-order valence-corrected chi connectivity index (χ4v) is 2.57. The summed E-state index contributed by atoms with van der Waals surface area (Å²) < 4.78 is 38.7. The maximum atomic E-state index is 12.3. The predicted octanol–water partition coefficient (Wildman–Crippen LogP) is -0.0375. The second-order valence-electron chi connectivity index (χ2n) is 5.70. The van der Waals surface area contributed by atoms with Gasteiger partial charge in [0.05, 0.1) is 10.3 Å². The third kappa shape index (κ3) is 5.35. The smallest absolute Gasteiger partial charge is 0.744 e. The van der Waals surface area contributed by atoms with E-state index >= 15 is 0 Å². The van der Waals surface area contributed by atoms with E-state index in [4.69, 9.17) is 4.74 Å². The van der Waals surface area contributed by atoms with Crippen molar-refractivity contribution in [1.29, 1.82) is 0 Å². The van der Waals surface area contributed by atoms with E-state index in [1.54, 1.807) is 13.8 Å². The van der Waals surface area contributed by atoms with Gasteiger partial charge in [0.15, 0.2) is 0 Å². The largest absolute Gasteiger partial charge is 1.00 e. The van der Waals surface area contributed by atoms with Crippen LogP contribution in [0.25, 0.3) is 0 Å². The van der Waals surface area contributed by atoms with Gasteiger partial charge >= 0.3 is 35.5 Å². The maximum Gasteiger partial charge on any atom is 1.00 e. The van der Waals surface area contributed by atoms with Crippen LogP contribution in [0.4, 0.5) is 0 Å². The Bertz CT molecular complexity index is 610. The molecule has 22 heavy (non-hydrogen) atoms. The minimum absolute atomic E-state index is 0. The molecule has 0 heterocycles. The molecule has 0 saturated heterocycles. The first kappa shape index (κ1) is 21.6. The van der Waals surface area contributed by atoms with E-state index in [1.807, 2.05) is 13.8 Å². The van der Waals surface area contributed by atoms with Gasteiger partial charge in [0.2, 0.25) is 0 Å². The summed E-state index contributed by atoms with van der Waals surface area (Å²) in [5.41, 5.74) is -0.768. The normalized spacial score (nSPS) is 13.1. The van der Waals surface area contributed by atoms with Gasteiger partial charge in [-0.2, -0.15) is 0 Å². The van der Waals surface area contributed by atoms with Crippen molar-refractivity contribution < 1.29 is 52.1 Å². The number of carbonyl (C=O) groups is 1. The van der Waals surface area contributed by atoms with Crippen LogP contribution in [-0.4, -0.2) is 18.9 Å². The van der Waals surface area contributed by atoms with Crippen molar-refractivity contribution in [2.24, 2.45) is 11.3 Å². The van der Waals surface area contributed by atoms with Crippen molar-refractivity contribution in [1.82, 2.24) is 0 Å². The molecule has 1 aromatic rings. The van der Waals surface area contributed by atoms with Crippen molar-refractivity contribution in [3.05, 3.63) is 24.3 Å². The van der Waals surface area contributed by atoms with E-state index < -0.39 is 26.4 Å². The van der Waals surface area contributed by atoms with Crippen LogP contribution in [0.1, 0.15) is 40.5 Å². The second-order valence-corrected chi connectivity index (χ2v) is 7.05. The van der Waals surface area contributed by atoms with E-state index in [2.05, 4.69) is 0 Å². The molecule has 0 bridgehead atoms. The molecule has 0 aromatic heterocycles. The first-order chi connectivity index (χ1) is 9.60. The zero-order valence-corrected chi connectivity index (χ0v) is 16.6. The Morgan fingerprint density at radius 3 is 2.36 bits per heavy atom. The average Bonchev–Trinajstić information content (AvgIpc) is 2.38. The molecule has 0 fully saturated rings. The van der Waals surface area contributed by atoms with Crippen molar-refractivity contribution in [2.75, 3.05) is 0 Å². The maximum absolute atomic E-state index is 12.3. The van der Waals surface area contributed by atoms with Gasteiger partial charge in [-0.15, -0.1) is 0 Å². The molecule has 1 atom stereocenters. The summed E-state index contributed by atoms with van der Waals surface area (Å²) in [5, 5.41) is 0. The summed E-state index contributed by atoms with van der Waals surface area (Å²) in [5.74, 6) is -0.681. The molecule has 5 nitrogen and oxygen atoms in total. The zero-order valence-electron chi connectivity index (χ0n) is 13.8. The molecule has 0 aliphatic rings. The van der Waals surface area contributed by atoms with Crippen molar-refractivity contribution in [3.63, 3.8) is 0 Å². The topological polar surface area (TPSA) is 83.5 Å². The summed E-state index contributed by atoms with van der Waals surface area (Å²) in [6, 6.07) is 5.36. The fourth-order valence-electron chi connectivity index (χ4n) is 1.97. The Kier molecular flexibility index (Phi) is 8.30. The Balaban J connectivity index is 0.00000441. The third-order valence-corrected chi connectivity index (χ3v) is 4.68. The van der Waals surface area contributed by atoms with Gasteiger partial charge in [-0.3, -0.25) is 4.79 Å². The molecule has 0 amide bonds. The molecule has 0 saturated carbocycles. The zero-order chi connectivity index (χ0) is 16.3. The van der Waals surface area contributed by atoms with Crippen LogP contribution >= 0.6 is 0 Å². The summed E-state index contributed by atoms with van der Waals surface area (Å²) in [4.78, 5) is 11.8. The summed E-state index contributed by atoms with van der Waals surface area (Å²) in [7, 11) is -4.68. The molecule has 118 valence electrons. The first-order valence-corrected chi connectivity index (χ1v) is 8.28. The third-order valence-electron chi connectivity index (χ3n) is 3.80. The Morgan fingerprint density at radius 2 is 1.86 bits per heavy atom. The fraction of sp³-hybridized carbons (Fsp3) is 0.533. The molecular weight excluding hydrogens is 315 g/mol. The number of hydrogen-bond donors (Lipinski definition) is 0. The second kappa shape index (κ2) is 8.45. The number of benzene rings is 1. The Morgan fingerprint density at radius 1 is 1.32 bits per heavy atom. The van der Waals surface area contributed by atoms with E-state index in [9.17, 15) is 17.8 Å². The van der Waals surface area contributed by atoms with E-state index in [0.29, 0.717) is 0 Å². The van der Waals surface area contributed by atoms with Gasteiger partial charge in [-0.1, -0.05) is 32.4 Å². The predicted molar refractivity (Wildman–Crippen MR) is 77.9 cm³/mol. The van der Waals surface area contributed by atoms with Crippen LogP contribution in [0.5, 0.6) is 5.75 Å². The van der Waals surface area contributed by atoms with Gasteiger partial charge in [0.25, 0.3) is 0 Å². The van der Waals surface area contributed by atoms with Crippen molar-refractivity contribution in [2.45, 2.75) is 45.4 Å². The van der Waals surface area contributed by atoms with E-state index in [1.165, 1.54) is 18.2 Å². The average molecular weight is 336 g/mol. The van der Waals surface area contributed by atoms with Gasteiger partial charge in [-0.25, -0.2) is 8.42 Å². The SMILES string of the molecule is CCCC(C)C(C)(C)C(=O)Oc1ccccc1S(=O)(=O)[O-].[Na+]. The summed E-state index contributed by atoms with van der Waals surface area (Å²) in [6.07, 6.45) is 1.78. The van der Waals surface area contributed by atoms with Gasteiger partial charge in [0, 0.05) is 0 Å². The molecule has 7 heteroatoms. The number of hydrogen-bond acceptors (Lipinski definition) is 5. The van der Waals surface area contributed by atoms with Crippen LogP contribution in [0.15, 0.2) is 29.2 Å². The minimum atomic E-state index is -4.68. The van der Waals surface area contributed by atoms with Crippen LogP contribution in [-0.2, 0) is 14.9 Å². The number of carbonyl (C=O) groups excluding carboxylic acids is 1. The van der Waals surface area contributed by atoms with Gasteiger partial charge in [-0.05, 0) is 38.3 Å². The van der Waals surface area contributed by atoms with Crippen LogP contribution in [0.2, 0.25) is 0 Å². The molecule has 0 radical (unpaired) electrons. The molecule has 0 aliphatic carbocycles. The molecule has 1 rings (SSSR count). The minimum Gasteiger partial charge on any atom is -0.744 e. The van der Waals surface area contributed by atoms with Crippen LogP contribution in [0.3, 0.4) is 0 Å². The van der Waals surface area contributed by atoms with Crippen molar-refractivity contribution >= 4 is 16.1 Å². The molecular formula is C15H21NaO5S. The van der Waals surface area contributed by atoms with Crippen LogP contribution < -0.4 is 34.3 Å². The number of esters is 1. The number of rotatable bonds is 6. The van der Waals surface area contributed by atoms with Crippen molar-refractivity contribution in [3.8, 4) is 5.75 Å². The van der Waals surface area contributed by atoms with Gasteiger partial charge in [0.1, 0.15) is 15.9 Å². The summed E-state index contributed by atoms with van der Waals surface area (Å²) in [6.45, 7) is 7.48. The monoisotopic (exact) mass is 336 g/mol. The van der Waals surface area contributed by atoms with Crippen LogP contribution in [0, 0.1) is 11.3 Å². The van der Waals surface area contributed by atoms with E-state index in [0.717, 1.165) is 18.9 Å². The Hall–Kier alpha value is -0.400. The quantitative estimate of drug-likeness (QED) is 0.315. The molecule has 0 aliphatic heterocycles.